The zero-order valence-electron chi connectivity index (χ0n) is 18.2. The molecule has 31 heavy (non-hydrogen) atoms. The molecule has 1 aromatic carbocycles. The van der Waals surface area contributed by atoms with Crippen LogP contribution in [0.3, 0.4) is 0 Å². The molecule has 2 heterocycles. The van der Waals surface area contributed by atoms with Crippen LogP contribution in [0.5, 0.6) is 0 Å². The Bertz CT molecular complexity index is 1010. The first-order chi connectivity index (χ1) is 14.8. The lowest BCUT2D eigenvalue weighted by atomic mass is 10.1. The number of carbonyl (C=O) groups is 3. The molecule has 0 radical (unpaired) electrons. The normalized spacial score (nSPS) is 14.2. The average molecular weight is 425 g/mol. The van der Waals surface area contributed by atoms with Gasteiger partial charge >= 0.3 is 5.97 Å². The molecule has 0 aliphatic carbocycles. The van der Waals surface area contributed by atoms with Crippen molar-refractivity contribution in [3.63, 3.8) is 0 Å². The number of anilines is 1. The predicted octanol–water partition coefficient (Wildman–Crippen LogP) is 2.32. The summed E-state index contributed by atoms with van der Waals surface area (Å²) in [5.41, 5.74) is 3.92. The van der Waals surface area contributed by atoms with Crippen LogP contribution in [0.4, 0.5) is 5.69 Å². The Kier molecular flexibility index (Phi) is 6.84. The predicted molar refractivity (Wildman–Crippen MR) is 115 cm³/mol. The van der Waals surface area contributed by atoms with Crippen molar-refractivity contribution >= 4 is 29.2 Å². The Labute approximate surface area is 181 Å². The van der Waals surface area contributed by atoms with E-state index in [4.69, 9.17) is 4.74 Å². The van der Waals surface area contributed by atoms with Gasteiger partial charge < -0.3 is 10.1 Å². The Morgan fingerprint density at radius 3 is 2.52 bits per heavy atom. The first kappa shape index (κ1) is 22.2. The lowest BCUT2D eigenvalue weighted by molar-refractivity contribution is -0.154. The van der Waals surface area contributed by atoms with Gasteiger partial charge in [0.05, 0.1) is 35.8 Å². The number of benzene rings is 1. The molecular formula is C22H27N5O4. The lowest BCUT2D eigenvalue weighted by Gasteiger charge is -2.14. The molecule has 1 N–H and O–H groups in total. The Hall–Kier alpha value is -3.49. The summed E-state index contributed by atoms with van der Waals surface area (Å²) >= 11 is 0. The number of ether oxygens (including phenoxy) is 1. The highest BCUT2D eigenvalue weighted by Gasteiger charge is 2.24. The van der Waals surface area contributed by atoms with E-state index >= 15 is 0 Å². The van der Waals surface area contributed by atoms with Crippen molar-refractivity contribution in [3.8, 4) is 0 Å². The molecule has 1 aromatic heterocycles. The van der Waals surface area contributed by atoms with Gasteiger partial charge in [0, 0.05) is 19.9 Å². The van der Waals surface area contributed by atoms with Gasteiger partial charge in [0.2, 0.25) is 5.91 Å². The summed E-state index contributed by atoms with van der Waals surface area (Å²) < 4.78 is 6.85. The second kappa shape index (κ2) is 9.55. The van der Waals surface area contributed by atoms with E-state index in [9.17, 15) is 14.4 Å². The van der Waals surface area contributed by atoms with Crippen LogP contribution in [0.1, 0.15) is 43.1 Å². The van der Waals surface area contributed by atoms with Gasteiger partial charge in [-0.1, -0.05) is 30.3 Å². The van der Waals surface area contributed by atoms with Crippen molar-refractivity contribution in [1.29, 1.82) is 0 Å². The first-order valence-corrected chi connectivity index (χ1v) is 10.2. The van der Waals surface area contributed by atoms with E-state index in [1.54, 1.807) is 18.7 Å². The fourth-order valence-electron chi connectivity index (χ4n) is 3.30. The highest BCUT2D eigenvalue weighted by atomic mass is 16.5. The van der Waals surface area contributed by atoms with Gasteiger partial charge in [-0.2, -0.15) is 10.2 Å². The number of hydrogen-bond donors (Lipinski definition) is 1. The van der Waals surface area contributed by atoms with Crippen LogP contribution in [-0.2, 0) is 26.2 Å². The topological polar surface area (TPSA) is 106 Å². The number of rotatable bonds is 7. The van der Waals surface area contributed by atoms with Gasteiger partial charge in [0.1, 0.15) is 0 Å². The van der Waals surface area contributed by atoms with Crippen molar-refractivity contribution in [3.05, 3.63) is 47.3 Å². The number of hydrazone groups is 1. The Balaban J connectivity index is 1.47. The second-order valence-electron chi connectivity index (χ2n) is 7.47. The quantitative estimate of drug-likeness (QED) is 0.686. The lowest BCUT2D eigenvalue weighted by Crippen LogP contribution is -2.31. The molecule has 2 amide bonds. The molecule has 9 heteroatoms. The third-order valence-electron chi connectivity index (χ3n) is 5.17. The third kappa shape index (κ3) is 5.36. The highest BCUT2D eigenvalue weighted by molar-refractivity contribution is 6.02. The first-order valence-electron chi connectivity index (χ1n) is 10.2. The maximum absolute atomic E-state index is 12.4. The number of nitrogens with zero attached hydrogens (tertiary/aromatic N) is 4. The van der Waals surface area contributed by atoms with Gasteiger partial charge in [0.15, 0.2) is 6.10 Å². The summed E-state index contributed by atoms with van der Waals surface area (Å²) in [5.74, 6) is -1.31. The van der Waals surface area contributed by atoms with Gasteiger partial charge in [-0.15, -0.1) is 0 Å². The average Bonchev–Trinajstić information content (AvgIpc) is 3.34. The molecule has 9 nitrogen and oxygen atoms in total. The van der Waals surface area contributed by atoms with E-state index in [0.717, 1.165) is 17.0 Å². The van der Waals surface area contributed by atoms with Gasteiger partial charge in [-0.3, -0.25) is 19.1 Å². The number of carbonyl (C=O) groups excluding carboxylic acids is 3. The van der Waals surface area contributed by atoms with Crippen molar-refractivity contribution in [2.75, 3.05) is 11.9 Å². The molecular weight excluding hydrogens is 398 g/mol. The molecule has 1 aliphatic heterocycles. The number of nitrogens with one attached hydrogen (secondary N) is 1. The molecule has 3 rings (SSSR count). The molecule has 164 valence electrons. The van der Waals surface area contributed by atoms with Gasteiger partial charge in [-0.05, 0) is 26.3 Å². The summed E-state index contributed by atoms with van der Waals surface area (Å²) in [6.07, 6.45) is -0.464. The van der Waals surface area contributed by atoms with Crippen LogP contribution in [0.25, 0.3) is 0 Å². The van der Waals surface area contributed by atoms with Crippen molar-refractivity contribution in [1.82, 2.24) is 14.8 Å². The molecule has 0 fully saturated rings. The molecule has 0 unspecified atom stereocenters. The minimum Gasteiger partial charge on any atom is -0.453 e. The third-order valence-corrected chi connectivity index (χ3v) is 5.17. The number of hydrogen-bond acceptors (Lipinski definition) is 6. The van der Waals surface area contributed by atoms with Crippen LogP contribution in [0.15, 0.2) is 35.4 Å². The monoisotopic (exact) mass is 425 g/mol. The SMILES string of the molecule is Cc1nn(C)c(C)c1NC(=O)[C@H](C)OC(=O)CCC(=O)N1CCC(c2ccccc2)=N1. The maximum Gasteiger partial charge on any atom is 0.307 e. The van der Waals surface area contributed by atoms with Crippen LogP contribution >= 0.6 is 0 Å². The van der Waals surface area contributed by atoms with Crippen LogP contribution in [0, 0.1) is 13.8 Å². The van der Waals surface area contributed by atoms with E-state index in [-0.39, 0.29) is 18.7 Å². The summed E-state index contributed by atoms with van der Waals surface area (Å²) in [5, 5.41) is 12.7. The summed E-state index contributed by atoms with van der Waals surface area (Å²) in [6, 6.07) is 9.67. The Morgan fingerprint density at radius 1 is 1.16 bits per heavy atom. The van der Waals surface area contributed by atoms with Crippen LogP contribution in [0.2, 0.25) is 0 Å². The molecule has 0 spiro atoms. The second-order valence-corrected chi connectivity index (χ2v) is 7.47. The summed E-state index contributed by atoms with van der Waals surface area (Å²) in [4.78, 5) is 36.9. The van der Waals surface area contributed by atoms with Crippen molar-refractivity contribution in [2.24, 2.45) is 12.1 Å². The van der Waals surface area contributed by atoms with Gasteiger partial charge in [0.25, 0.3) is 5.91 Å². The van der Waals surface area contributed by atoms with Crippen molar-refractivity contribution in [2.45, 2.75) is 46.1 Å². The zero-order valence-corrected chi connectivity index (χ0v) is 18.2. The number of amides is 2. The standard InChI is InChI=1S/C22H27N5O4/c1-14-21(15(2)26(4)24-14)23-22(30)16(3)31-20(29)11-10-19(28)27-13-12-18(25-27)17-8-6-5-7-9-17/h5-9,16H,10-13H2,1-4H3,(H,23,30)/t16-/m0/s1. The minimum atomic E-state index is -0.990. The number of esters is 1. The zero-order chi connectivity index (χ0) is 22.5. The molecule has 1 atom stereocenters. The van der Waals surface area contributed by atoms with E-state index in [1.807, 2.05) is 37.3 Å². The van der Waals surface area contributed by atoms with E-state index < -0.39 is 18.0 Å². The van der Waals surface area contributed by atoms with E-state index in [1.165, 1.54) is 11.9 Å². The maximum atomic E-state index is 12.4. The fourth-order valence-corrected chi connectivity index (χ4v) is 3.30. The smallest absolute Gasteiger partial charge is 0.307 e. The van der Waals surface area contributed by atoms with E-state index in [0.29, 0.717) is 24.3 Å². The van der Waals surface area contributed by atoms with Crippen LogP contribution in [-0.4, -0.2) is 50.9 Å². The minimum absolute atomic E-state index is 0.0282. The van der Waals surface area contributed by atoms with E-state index in [2.05, 4.69) is 15.5 Å². The molecule has 0 saturated carbocycles. The van der Waals surface area contributed by atoms with Crippen molar-refractivity contribution < 1.29 is 19.1 Å². The highest BCUT2D eigenvalue weighted by Crippen LogP contribution is 2.19. The molecule has 0 bridgehead atoms. The summed E-state index contributed by atoms with van der Waals surface area (Å²) in [7, 11) is 1.78. The molecule has 2 aromatic rings. The largest absolute Gasteiger partial charge is 0.453 e. The fraction of sp³-hybridized carbons (Fsp3) is 0.409. The number of aryl methyl sites for hydroxylation is 2. The van der Waals surface area contributed by atoms with Gasteiger partial charge in [-0.25, -0.2) is 5.01 Å². The number of aromatic nitrogens is 2. The molecule has 1 aliphatic rings. The Morgan fingerprint density at radius 2 is 1.87 bits per heavy atom. The molecule has 0 saturated heterocycles. The van der Waals surface area contributed by atoms with Crippen LogP contribution < -0.4 is 5.32 Å². The summed E-state index contributed by atoms with van der Waals surface area (Å²) in [6.45, 7) is 5.60.